The average Bonchev–Trinajstić information content (AvgIpc) is 3.36. The van der Waals surface area contributed by atoms with Crippen molar-refractivity contribution in [2.24, 2.45) is 4.99 Å². The summed E-state index contributed by atoms with van der Waals surface area (Å²) >= 11 is 6.38. The smallest absolute Gasteiger partial charge is 0.271 e. The second-order valence-electron chi connectivity index (χ2n) is 7.95. The predicted octanol–water partition coefficient (Wildman–Crippen LogP) is 5.01. The fourth-order valence-electron chi connectivity index (χ4n) is 3.93. The van der Waals surface area contributed by atoms with Crippen LogP contribution in [0.5, 0.6) is 0 Å². The van der Waals surface area contributed by atoms with Crippen molar-refractivity contribution >= 4 is 56.3 Å². The first-order chi connectivity index (χ1) is 16.4. The molecule has 1 aliphatic rings. The van der Waals surface area contributed by atoms with Crippen LogP contribution in [0.15, 0.2) is 91.6 Å². The van der Waals surface area contributed by atoms with E-state index < -0.39 is 6.04 Å². The Labute approximate surface area is 212 Å². The van der Waals surface area contributed by atoms with E-state index in [0.29, 0.717) is 26.3 Å². The first-order valence-electron chi connectivity index (χ1n) is 10.6. The molecular weight excluding hydrogens is 530 g/mol. The summed E-state index contributed by atoms with van der Waals surface area (Å²) in [5.41, 5.74) is 3.57. The maximum atomic E-state index is 13.6. The number of amides is 1. The Bertz CT molecular complexity index is 1600. The van der Waals surface area contributed by atoms with Crippen molar-refractivity contribution in [3.63, 3.8) is 0 Å². The minimum atomic E-state index is -0.571. The quantitative estimate of drug-likeness (QED) is 0.389. The summed E-state index contributed by atoms with van der Waals surface area (Å²) in [7, 11) is 0. The van der Waals surface area contributed by atoms with Gasteiger partial charge in [-0.25, -0.2) is 4.99 Å². The molecule has 0 radical (unpaired) electrons. The number of rotatable bonds is 4. The van der Waals surface area contributed by atoms with Gasteiger partial charge in [-0.3, -0.25) is 14.2 Å². The Morgan fingerprint density at radius 3 is 2.44 bits per heavy atom. The van der Waals surface area contributed by atoms with E-state index in [9.17, 15) is 9.59 Å². The summed E-state index contributed by atoms with van der Waals surface area (Å²) in [6.07, 6.45) is 1.88. The van der Waals surface area contributed by atoms with Gasteiger partial charge in [0.15, 0.2) is 4.80 Å². The Hall–Kier alpha value is -3.07. The Kier molecular flexibility index (Phi) is 6.20. The third-order valence-corrected chi connectivity index (χ3v) is 8.11. The number of nitrogens with zero attached hydrogens (tertiary/aromatic N) is 2. The van der Waals surface area contributed by atoms with E-state index in [1.807, 2.05) is 86.7 Å². The standard InChI is InChI=1S/C26H20BrN3O2S2/c1-15-8-10-17(11-9-15)23-22(24(31)29-18-6-4-3-5-7-18)16(2)28-26-30(23)25(32)20(34-26)14-19-12-13-21(27)33-19/h3-14,23H,1-2H3,(H,29,31)/b20-14+/t23-/m0/s1. The molecular formula is C26H20BrN3O2S2. The number of carbonyl (C=O) groups excluding carboxylic acids is 1. The molecule has 3 heterocycles. The highest BCUT2D eigenvalue weighted by Gasteiger charge is 2.32. The number of aromatic nitrogens is 1. The van der Waals surface area contributed by atoms with Gasteiger partial charge in [0.2, 0.25) is 0 Å². The van der Waals surface area contributed by atoms with E-state index >= 15 is 0 Å². The molecule has 0 spiro atoms. The van der Waals surface area contributed by atoms with Crippen LogP contribution in [0.3, 0.4) is 0 Å². The van der Waals surface area contributed by atoms with Gasteiger partial charge >= 0.3 is 0 Å². The molecule has 0 saturated carbocycles. The molecule has 0 saturated heterocycles. The van der Waals surface area contributed by atoms with E-state index in [4.69, 9.17) is 0 Å². The SMILES string of the molecule is CC1=C(C(=O)Nc2ccccc2)[C@H](c2ccc(C)cc2)n2c(s/c(=C/c3ccc(Br)s3)c2=O)=N1. The maximum absolute atomic E-state index is 13.6. The molecule has 0 fully saturated rings. The van der Waals surface area contributed by atoms with Gasteiger partial charge < -0.3 is 5.32 Å². The van der Waals surface area contributed by atoms with Gasteiger partial charge in [0.1, 0.15) is 0 Å². The summed E-state index contributed by atoms with van der Waals surface area (Å²) in [5.74, 6) is -0.269. The molecule has 2 aromatic heterocycles. The van der Waals surface area contributed by atoms with Gasteiger partial charge in [0.05, 0.1) is 25.6 Å². The van der Waals surface area contributed by atoms with Crippen LogP contribution in [0.25, 0.3) is 6.08 Å². The predicted molar refractivity (Wildman–Crippen MR) is 142 cm³/mol. The first-order valence-corrected chi connectivity index (χ1v) is 13.0. The number of halogens is 1. The summed E-state index contributed by atoms with van der Waals surface area (Å²) in [5, 5.41) is 2.97. The molecule has 0 aliphatic carbocycles. The molecule has 5 rings (SSSR count). The molecule has 1 atom stereocenters. The lowest BCUT2D eigenvalue weighted by Gasteiger charge is -2.25. The molecule has 170 valence electrons. The van der Waals surface area contributed by atoms with E-state index in [2.05, 4.69) is 26.2 Å². The zero-order chi connectivity index (χ0) is 23.8. The molecule has 1 aliphatic heterocycles. The Balaban J connectivity index is 1.68. The van der Waals surface area contributed by atoms with Crippen molar-refractivity contribution in [3.8, 4) is 0 Å². The molecule has 1 N–H and O–H groups in total. The van der Waals surface area contributed by atoms with E-state index in [-0.39, 0.29) is 11.5 Å². The molecule has 0 unspecified atom stereocenters. The fraction of sp³-hybridized carbons (Fsp3) is 0.115. The highest BCUT2D eigenvalue weighted by atomic mass is 79.9. The van der Waals surface area contributed by atoms with Crippen LogP contribution in [0, 0.1) is 6.92 Å². The van der Waals surface area contributed by atoms with Crippen LogP contribution in [0.1, 0.15) is 29.0 Å². The summed E-state index contributed by atoms with van der Waals surface area (Å²) in [6, 6.07) is 20.6. The minimum absolute atomic E-state index is 0.156. The highest BCUT2D eigenvalue weighted by molar-refractivity contribution is 9.11. The Morgan fingerprint density at radius 2 is 1.76 bits per heavy atom. The maximum Gasteiger partial charge on any atom is 0.271 e. The van der Waals surface area contributed by atoms with Gasteiger partial charge in [0, 0.05) is 10.6 Å². The molecule has 4 aromatic rings. The number of allylic oxidation sites excluding steroid dienone is 1. The number of carbonyl (C=O) groups is 1. The van der Waals surface area contributed by atoms with Gasteiger partial charge in [-0.15, -0.1) is 11.3 Å². The van der Waals surface area contributed by atoms with Gasteiger partial charge in [-0.2, -0.15) is 0 Å². The molecule has 0 bridgehead atoms. The van der Waals surface area contributed by atoms with Crippen molar-refractivity contribution in [1.29, 1.82) is 0 Å². The van der Waals surface area contributed by atoms with Gasteiger partial charge in [-0.05, 0) is 65.7 Å². The minimum Gasteiger partial charge on any atom is -0.322 e. The number of fused-ring (bicyclic) bond motifs is 1. The van der Waals surface area contributed by atoms with E-state index in [1.165, 1.54) is 11.3 Å². The lowest BCUT2D eigenvalue weighted by Crippen LogP contribution is -2.40. The topological polar surface area (TPSA) is 63.5 Å². The van der Waals surface area contributed by atoms with Crippen LogP contribution in [-0.2, 0) is 4.79 Å². The first kappa shape index (κ1) is 22.7. The number of hydrogen-bond donors (Lipinski definition) is 1. The molecule has 2 aromatic carbocycles. The second kappa shape index (κ2) is 9.29. The van der Waals surface area contributed by atoms with Crippen molar-refractivity contribution in [2.45, 2.75) is 19.9 Å². The lowest BCUT2D eigenvalue weighted by atomic mass is 9.94. The number of anilines is 1. The summed E-state index contributed by atoms with van der Waals surface area (Å²) in [6.45, 7) is 3.84. The number of benzene rings is 2. The number of thiophene rings is 1. The highest BCUT2D eigenvalue weighted by Crippen LogP contribution is 2.31. The number of para-hydroxylation sites is 1. The van der Waals surface area contributed by atoms with Crippen molar-refractivity contribution in [1.82, 2.24) is 4.57 Å². The number of aryl methyl sites for hydroxylation is 1. The molecule has 5 nitrogen and oxygen atoms in total. The third-order valence-electron chi connectivity index (χ3n) is 5.56. The van der Waals surface area contributed by atoms with Crippen LogP contribution in [-0.4, -0.2) is 10.5 Å². The average molecular weight is 551 g/mol. The zero-order valence-electron chi connectivity index (χ0n) is 18.4. The molecule has 1 amide bonds. The monoisotopic (exact) mass is 549 g/mol. The summed E-state index contributed by atoms with van der Waals surface area (Å²) < 4.78 is 3.24. The van der Waals surface area contributed by atoms with Gasteiger partial charge in [-0.1, -0.05) is 59.4 Å². The van der Waals surface area contributed by atoms with Crippen molar-refractivity contribution in [2.75, 3.05) is 5.32 Å². The Morgan fingerprint density at radius 1 is 1.03 bits per heavy atom. The number of thiazole rings is 1. The van der Waals surface area contributed by atoms with Crippen LogP contribution >= 0.6 is 38.6 Å². The van der Waals surface area contributed by atoms with Crippen LogP contribution in [0.4, 0.5) is 5.69 Å². The fourth-order valence-corrected chi connectivity index (χ4v) is 6.41. The van der Waals surface area contributed by atoms with Crippen LogP contribution < -0.4 is 20.2 Å². The van der Waals surface area contributed by atoms with Crippen molar-refractivity contribution < 1.29 is 4.79 Å². The van der Waals surface area contributed by atoms with E-state index in [1.54, 1.807) is 15.9 Å². The summed E-state index contributed by atoms with van der Waals surface area (Å²) in [4.78, 5) is 33.4. The van der Waals surface area contributed by atoms with Crippen LogP contribution in [0.2, 0.25) is 0 Å². The number of hydrogen-bond acceptors (Lipinski definition) is 5. The molecule has 8 heteroatoms. The normalized spacial score (nSPS) is 15.7. The van der Waals surface area contributed by atoms with Gasteiger partial charge in [0.25, 0.3) is 11.5 Å². The van der Waals surface area contributed by atoms with Crippen molar-refractivity contribution in [3.05, 3.63) is 117 Å². The largest absolute Gasteiger partial charge is 0.322 e. The third kappa shape index (κ3) is 4.36. The number of nitrogens with one attached hydrogen (secondary N) is 1. The van der Waals surface area contributed by atoms with E-state index in [0.717, 1.165) is 19.8 Å². The second-order valence-corrected chi connectivity index (χ2v) is 11.5. The zero-order valence-corrected chi connectivity index (χ0v) is 21.6. The molecule has 34 heavy (non-hydrogen) atoms. The lowest BCUT2D eigenvalue weighted by molar-refractivity contribution is -0.113.